The number of aliphatic hydroxyl groups is 1. The van der Waals surface area contributed by atoms with Crippen LogP contribution in [0.15, 0.2) is 24.3 Å². The molecule has 0 saturated carbocycles. The van der Waals surface area contributed by atoms with Crippen molar-refractivity contribution in [3.63, 3.8) is 0 Å². The predicted molar refractivity (Wildman–Crippen MR) is 248 cm³/mol. The van der Waals surface area contributed by atoms with E-state index >= 15 is 0 Å². The molecule has 0 radical (unpaired) electrons. The van der Waals surface area contributed by atoms with E-state index in [1.807, 2.05) is 13.8 Å². The number of likely N-dealkylation sites (tertiary alicyclic amines) is 1. The Balaban J connectivity index is 2.02. The smallest absolute Gasteiger partial charge is 0.246 e. The van der Waals surface area contributed by atoms with Crippen LogP contribution in [0, 0.1) is 11.8 Å². The first kappa shape index (κ1) is 55.7. The van der Waals surface area contributed by atoms with Crippen LogP contribution in [0.3, 0.4) is 0 Å². The van der Waals surface area contributed by atoms with Gasteiger partial charge in [-0.3, -0.25) is 47.9 Å². The van der Waals surface area contributed by atoms with Gasteiger partial charge in [0.1, 0.15) is 48.0 Å². The van der Waals surface area contributed by atoms with Gasteiger partial charge in [0, 0.05) is 24.5 Å². The van der Waals surface area contributed by atoms with Crippen LogP contribution in [0.1, 0.15) is 72.3 Å². The van der Waals surface area contributed by atoms with E-state index in [-0.39, 0.29) is 49.0 Å². The Hall–Kier alpha value is -5.66. The quantitative estimate of drug-likeness (QED) is 0.0759. The Morgan fingerprint density at radius 3 is 2.00 bits per heavy atom. The highest BCUT2D eigenvalue weighted by molar-refractivity contribution is 8.76. The topological polar surface area (TPSA) is 377 Å². The van der Waals surface area contributed by atoms with Crippen molar-refractivity contribution in [1.29, 1.82) is 0 Å². The average Bonchev–Trinajstić information content (AvgIpc) is 3.76. The molecule has 0 unspecified atom stereocenters. The number of primary amides is 2. The minimum atomic E-state index is -1.76. The van der Waals surface area contributed by atoms with E-state index < -0.39 is 132 Å². The van der Waals surface area contributed by atoms with Crippen LogP contribution in [-0.2, 0) is 54.4 Å². The van der Waals surface area contributed by atoms with Crippen molar-refractivity contribution in [1.82, 2.24) is 42.1 Å². The van der Waals surface area contributed by atoms with E-state index in [1.54, 1.807) is 26.0 Å². The average molecular weight is 980 g/mol. The maximum Gasteiger partial charge on any atom is 0.246 e. The number of amides is 10. The van der Waals surface area contributed by atoms with Gasteiger partial charge in [0.2, 0.25) is 59.1 Å². The molecule has 0 aliphatic carbocycles. The van der Waals surface area contributed by atoms with Crippen LogP contribution in [0.4, 0.5) is 0 Å². The number of nitrogens with two attached hydrogens (primary N) is 3. The summed E-state index contributed by atoms with van der Waals surface area (Å²) in [6.07, 6.45) is -1.43. The first-order chi connectivity index (χ1) is 31.5. The number of hydrogen-bond donors (Lipinski definition) is 12. The van der Waals surface area contributed by atoms with Crippen LogP contribution in [0.2, 0.25) is 0 Å². The molecular weight excluding hydrogens is 915 g/mol. The highest BCUT2D eigenvalue weighted by Gasteiger charge is 2.41. The number of aliphatic hydroxyl groups excluding tert-OH is 1. The highest BCUT2D eigenvalue weighted by Crippen LogP contribution is 2.26. The molecule has 372 valence electrons. The maximum absolute atomic E-state index is 14.4. The van der Waals surface area contributed by atoms with E-state index in [9.17, 15) is 58.2 Å². The number of carbonyl (C=O) groups is 10. The van der Waals surface area contributed by atoms with Gasteiger partial charge in [-0.05, 0) is 55.7 Å². The lowest BCUT2D eigenvalue weighted by Crippen LogP contribution is -2.63. The zero-order valence-corrected chi connectivity index (χ0v) is 39.8. The Kier molecular flexibility index (Phi) is 22.1. The largest absolute Gasteiger partial charge is 0.508 e. The SMILES string of the molecule is CC[C@H](C)[C@H]1NC(=O)[C@@H](Cc2ccc(O)cc2)NC(=O)[C@@H](N)CSSC[C@@H](C(=O)N2CCC[C@@H]2C(=O)N[C@H](CC(C)C)C(=O)NCC(N)=O)NC(=O)[C@H](CC(N)=O)NC(=O)[C@@H]([C@@H](C)O)NC1=O. The van der Waals surface area contributed by atoms with Crippen molar-refractivity contribution in [2.75, 3.05) is 24.6 Å². The molecule has 10 atom stereocenters. The second kappa shape index (κ2) is 26.6. The number of hydrogen-bond acceptors (Lipinski definition) is 15. The molecule has 0 aromatic heterocycles. The number of benzene rings is 1. The lowest BCUT2D eigenvalue weighted by molar-refractivity contribution is -0.142. The molecule has 1 aromatic carbocycles. The Morgan fingerprint density at radius 2 is 1.40 bits per heavy atom. The Labute approximate surface area is 396 Å². The zero-order valence-electron chi connectivity index (χ0n) is 38.2. The summed E-state index contributed by atoms with van der Waals surface area (Å²) in [5, 5.41) is 38.2. The number of phenolic OH excluding ortho intramolecular Hbond substituents is 1. The summed E-state index contributed by atoms with van der Waals surface area (Å²) in [6, 6.07) is -5.16. The molecule has 1 aromatic rings. The Morgan fingerprint density at radius 1 is 0.806 bits per heavy atom. The van der Waals surface area contributed by atoms with Crippen LogP contribution >= 0.6 is 21.6 Å². The predicted octanol–water partition coefficient (Wildman–Crippen LogP) is -3.49. The summed E-state index contributed by atoms with van der Waals surface area (Å²) >= 11 is 0. The van der Waals surface area contributed by atoms with E-state index in [1.165, 1.54) is 24.0 Å². The van der Waals surface area contributed by atoms with Crippen molar-refractivity contribution in [2.45, 2.75) is 128 Å². The van der Waals surface area contributed by atoms with Gasteiger partial charge in [-0.1, -0.05) is 67.8 Å². The van der Waals surface area contributed by atoms with Crippen molar-refractivity contribution >= 4 is 80.7 Å². The minimum Gasteiger partial charge on any atom is -0.508 e. The molecule has 0 spiro atoms. The first-order valence-electron chi connectivity index (χ1n) is 22.0. The third-order valence-corrected chi connectivity index (χ3v) is 13.5. The summed E-state index contributed by atoms with van der Waals surface area (Å²) in [4.78, 5) is 135. The molecule has 15 N–H and O–H groups in total. The van der Waals surface area contributed by atoms with Crippen molar-refractivity contribution in [3.05, 3.63) is 29.8 Å². The third-order valence-electron chi connectivity index (χ3n) is 11.0. The van der Waals surface area contributed by atoms with Crippen LogP contribution in [-0.4, -0.2) is 153 Å². The van der Waals surface area contributed by atoms with Gasteiger partial charge < -0.3 is 69.5 Å². The summed E-state index contributed by atoms with van der Waals surface area (Å²) in [6.45, 7) is 7.80. The second-order valence-corrected chi connectivity index (χ2v) is 19.6. The van der Waals surface area contributed by atoms with Gasteiger partial charge in [-0.25, -0.2) is 0 Å². The summed E-state index contributed by atoms with van der Waals surface area (Å²) in [7, 11) is 2.06. The lowest BCUT2D eigenvalue weighted by atomic mass is 9.96. The molecule has 2 aliphatic heterocycles. The number of rotatable bonds is 15. The van der Waals surface area contributed by atoms with Gasteiger partial charge in [0.25, 0.3) is 0 Å². The van der Waals surface area contributed by atoms with Gasteiger partial charge in [0.05, 0.1) is 25.1 Å². The lowest BCUT2D eigenvalue weighted by Gasteiger charge is -2.31. The van der Waals surface area contributed by atoms with Crippen LogP contribution in [0.25, 0.3) is 0 Å². The number of carbonyl (C=O) groups excluding carboxylic acids is 10. The molecule has 2 fully saturated rings. The fourth-order valence-electron chi connectivity index (χ4n) is 7.16. The van der Waals surface area contributed by atoms with E-state index in [0.29, 0.717) is 18.4 Å². The van der Waals surface area contributed by atoms with Gasteiger partial charge in [0.15, 0.2) is 0 Å². The molecule has 3 rings (SSSR count). The highest BCUT2D eigenvalue weighted by atomic mass is 33.1. The summed E-state index contributed by atoms with van der Waals surface area (Å²) in [5.74, 6) is -9.56. The molecule has 67 heavy (non-hydrogen) atoms. The fourth-order valence-corrected chi connectivity index (χ4v) is 9.44. The molecule has 10 amide bonds. The van der Waals surface area contributed by atoms with Crippen LogP contribution < -0.4 is 54.4 Å². The van der Waals surface area contributed by atoms with Crippen molar-refractivity contribution in [2.24, 2.45) is 29.0 Å². The molecule has 2 saturated heterocycles. The molecular formula is C42H65N11O12S2. The van der Waals surface area contributed by atoms with E-state index in [4.69, 9.17) is 17.2 Å². The third kappa shape index (κ3) is 17.5. The maximum atomic E-state index is 14.4. The number of nitrogens with one attached hydrogen (secondary N) is 7. The molecule has 2 heterocycles. The first-order valence-corrected chi connectivity index (χ1v) is 24.4. The Bertz CT molecular complexity index is 1960. The second-order valence-electron chi connectivity index (χ2n) is 17.1. The molecule has 2 aliphatic rings. The minimum absolute atomic E-state index is 0.0405. The standard InChI is InChI=1S/C42H65N11O12S2/c1-6-21(4)33-40(63)52-34(22(5)54)41(64)49-28(16-31(44)56)37(60)50-29(19-67-66-18-25(43)35(58)47-27(38(61)51-33)15-23-9-11-24(55)12-10-23)42(65)53-13-7-8-30(53)39(62)48-26(14-20(2)3)36(59)46-17-32(45)57/h9-12,20-22,25-30,33-34,54-55H,6-8,13-19,43H2,1-5H3,(H2,44,56)(H2,45,57)(H,46,59)(H,47,58)(H,48,62)(H,49,64)(H,50,60)(H,51,61)(H,52,63)/t21-,22+,25-,26+,27+,28-,29-,30+,33+,34+/m0/s1. The number of nitrogens with zero attached hydrogens (tertiary/aromatic N) is 1. The monoisotopic (exact) mass is 979 g/mol. The summed E-state index contributed by atoms with van der Waals surface area (Å²) < 4.78 is 0. The van der Waals surface area contributed by atoms with E-state index in [0.717, 1.165) is 21.6 Å². The number of aromatic hydroxyl groups is 1. The number of phenols is 1. The zero-order chi connectivity index (χ0) is 50.1. The van der Waals surface area contributed by atoms with Crippen LogP contribution in [0.5, 0.6) is 5.75 Å². The van der Waals surface area contributed by atoms with Gasteiger partial charge in [-0.2, -0.15) is 0 Å². The van der Waals surface area contributed by atoms with Crippen molar-refractivity contribution in [3.8, 4) is 5.75 Å². The van der Waals surface area contributed by atoms with Crippen molar-refractivity contribution < 1.29 is 58.2 Å². The molecule has 23 nitrogen and oxygen atoms in total. The summed E-state index contributed by atoms with van der Waals surface area (Å²) in [5.41, 5.74) is 17.5. The molecule has 0 bridgehead atoms. The van der Waals surface area contributed by atoms with E-state index in [2.05, 4.69) is 37.2 Å². The fraction of sp³-hybridized carbons (Fsp3) is 0.619. The molecule has 25 heteroatoms. The van der Waals surface area contributed by atoms with Gasteiger partial charge >= 0.3 is 0 Å². The normalized spacial score (nSPS) is 25.2. The van der Waals surface area contributed by atoms with Gasteiger partial charge in [-0.15, -0.1) is 0 Å².